The number of carbonyl (C=O) groups is 1. The van der Waals surface area contributed by atoms with Crippen LogP contribution in [0, 0.1) is 17.2 Å². The van der Waals surface area contributed by atoms with E-state index in [1.165, 1.54) is 12.8 Å². The summed E-state index contributed by atoms with van der Waals surface area (Å²) >= 11 is 0. The van der Waals surface area contributed by atoms with Crippen molar-refractivity contribution in [1.82, 2.24) is 14.4 Å². The van der Waals surface area contributed by atoms with Crippen molar-refractivity contribution in [2.75, 3.05) is 39.8 Å². The summed E-state index contributed by atoms with van der Waals surface area (Å²) in [7, 11) is 3.92. The molecule has 1 atom stereocenters. The summed E-state index contributed by atoms with van der Waals surface area (Å²) in [6.45, 7) is 3.77. The molecular formula is C17H24N4O2. The Bertz CT molecular complexity index is 615. The summed E-state index contributed by atoms with van der Waals surface area (Å²) in [4.78, 5) is 16.9. The molecule has 23 heavy (non-hydrogen) atoms. The van der Waals surface area contributed by atoms with Gasteiger partial charge in [0.2, 0.25) is 0 Å². The molecule has 1 aromatic rings. The van der Waals surface area contributed by atoms with Gasteiger partial charge >= 0.3 is 0 Å². The van der Waals surface area contributed by atoms with Gasteiger partial charge in [-0.05, 0) is 31.9 Å². The molecule has 3 rings (SSSR count). The van der Waals surface area contributed by atoms with Crippen molar-refractivity contribution >= 4 is 5.91 Å². The van der Waals surface area contributed by atoms with Crippen LogP contribution in [0.4, 0.5) is 0 Å². The quantitative estimate of drug-likeness (QED) is 0.815. The molecule has 0 spiro atoms. The molecule has 0 unspecified atom stereocenters. The molecule has 0 bridgehead atoms. The predicted octanol–water partition coefficient (Wildman–Crippen LogP) is 1.08. The van der Waals surface area contributed by atoms with E-state index < -0.39 is 0 Å². The van der Waals surface area contributed by atoms with Crippen molar-refractivity contribution in [3.05, 3.63) is 23.5 Å². The molecule has 1 saturated heterocycles. The van der Waals surface area contributed by atoms with E-state index in [1.54, 1.807) is 23.9 Å². The number of amides is 1. The highest BCUT2D eigenvalue weighted by molar-refractivity contribution is 5.93. The molecule has 2 fully saturated rings. The number of nitriles is 1. The molecule has 0 aromatic carbocycles. The number of nitrogens with zero attached hydrogens (tertiary/aromatic N) is 4. The molecule has 0 N–H and O–H groups in total. The first-order valence-electron chi connectivity index (χ1n) is 8.22. The fourth-order valence-corrected chi connectivity index (χ4v) is 3.18. The monoisotopic (exact) mass is 316 g/mol. The van der Waals surface area contributed by atoms with Crippen LogP contribution in [0.25, 0.3) is 0 Å². The van der Waals surface area contributed by atoms with Crippen LogP contribution >= 0.6 is 0 Å². The highest BCUT2D eigenvalue weighted by Gasteiger charge is 2.29. The number of rotatable bonds is 5. The van der Waals surface area contributed by atoms with Gasteiger partial charge in [-0.1, -0.05) is 0 Å². The molecular weight excluding hydrogens is 292 g/mol. The molecule has 2 heterocycles. The third-order valence-corrected chi connectivity index (χ3v) is 4.56. The summed E-state index contributed by atoms with van der Waals surface area (Å²) in [6, 6.07) is 3.74. The summed E-state index contributed by atoms with van der Waals surface area (Å²) in [5.41, 5.74) is 1.08. The number of morpholine rings is 1. The largest absolute Gasteiger partial charge is 0.373 e. The summed E-state index contributed by atoms with van der Waals surface area (Å²) < 4.78 is 7.56. The van der Waals surface area contributed by atoms with Gasteiger partial charge in [-0.2, -0.15) is 5.26 Å². The molecule has 124 valence electrons. The first-order chi connectivity index (χ1) is 11.1. The molecule has 1 amide bonds. The van der Waals surface area contributed by atoms with Crippen LogP contribution in [-0.2, 0) is 11.8 Å². The maximum Gasteiger partial charge on any atom is 0.270 e. The highest BCUT2D eigenvalue weighted by Crippen LogP contribution is 2.29. The minimum absolute atomic E-state index is 0.0212. The van der Waals surface area contributed by atoms with Crippen molar-refractivity contribution in [3.63, 3.8) is 0 Å². The second kappa shape index (κ2) is 6.73. The van der Waals surface area contributed by atoms with Crippen molar-refractivity contribution in [3.8, 4) is 6.07 Å². The van der Waals surface area contributed by atoms with E-state index in [-0.39, 0.29) is 12.0 Å². The van der Waals surface area contributed by atoms with Crippen molar-refractivity contribution in [2.24, 2.45) is 13.0 Å². The summed E-state index contributed by atoms with van der Waals surface area (Å²) in [5, 5.41) is 8.97. The molecule has 6 nitrogen and oxygen atoms in total. The Kier molecular flexibility index (Phi) is 4.69. The molecule has 1 aromatic heterocycles. The maximum atomic E-state index is 12.7. The Labute approximate surface area is 137 Å². The molecule has 6 heteroatoms. The number of carbonyl (C=O) groups excluding carboxylic acids is 1. The van der Waals surface area contributed by atoms with Crippen molar-refractivity contribution in [2.45, 2.75) is 18.9 Å². The predicted molar refractivity (Wildman–Crippen MR) is 86.0 cm³/mol. The normalized spacial score (nSPS) is 21.5. The van der Waals surface area contributed by atoms with Gasteiger partial charge in [-0.25, -0.2) is 0 Å². The zero-order valence-corrected chi connectivity index (χ0v) is 13.9. The Morgan fingerprint density at radius 3 is 2.91 bits per heavy atom. The minimum Gasteiger partial charge on any atom is -0.373 e. The SMILES string of the molecule is CN(CC1CC1)C[C@H]1CN(C(=O)c2cc(C#N)cn2C)CCO1. The van der Waals surface area contributed by atoms with Crippen molar-refractivity contribution < 1.29 is 9.53 Å². The Hall–Kier alpha value is -1.84. The Balaban J connectivity index is 1.59. The average Bonchev–Trinajstić information content (AvgIpc) is 3.26. The van der Waals surface area contributed by atoms with Gasteiger partial charge in [0.1, 0.15) is 11.8 Å². The van der Waals surface area contributed by atoms with Crippen LogP contribution in [0.15, 0.2) is 12.3 Å². The highest BCUT2D eigenvalue weighted by atomic mass is 16.5. The van der Waals surface area contributed by atoms with E-state index in [2.05, 4.69) is 18.0 Å². The number of hydrogen-bond donors (Lipinski definition) is 0. The molecule has 1 aliphatic heterocycles. The fourth-order valence-electron chi connectivity index (χ4n) is 3.18. The van der Waals surface area contributed by atoms with Gasteiger partial charge in [-0.3, -0.25) is 4.79 Å². The topological polar surface area (TPSA) is 61.5 Å². The summed E-state index contributed by atoms with van der Waals surface area (Å²) in [6.07, 6.45) is 4.44. The molecule has 0 radical (unpaired) electrons. The Morgan fingerprint density at radius 2 is 2.26 bits per heavy atom. The van der Waals surface area contributed by atoms with Gasteiger partial charge in [0, 0.05) is 39.4 Å². The number of ether oxygens (including phenoxy) is 1. The van der Waals surface area contributed by atoms with Gasteiger partial charge in [0.15, 0.2) is 0 Å². The first-order valence-corrected chi connectivity index (χ1v) is 8.22. The minimum atomic E-state index is -0.0212. The van der Waals surface area contributed by atoms with Gasteiger partial charge < -0.3 is 19.1 Å². The lowest BCUT2D eigenvalue weighted by atomic mass is 10.2. The summed E-state index contributed by atoms with van der Waals surface area (Å²) in [5.74, 6) is 0.834. The van der Waals surface area contributed by atoms with Gasteiger partial charge in [0.25, 0.3) is 5.91 Å². The van der Waals surface area contributed by atoms with E-state index in [1.807, 2.05) is 4.90 Å². The zero-order valence-electron chi connectivity index (χ0n) is 13.9. The lowest BCUT2D eigenvalue weighted by Gasteiger charge is -2.35. The third-order valence-electron chi connectivity index (χ3n) is 4.56. The number of likely N-dealkylation sites (N-methyl/N-ethyl adjacent to an activating group) is 1. The number of hydrogen-bond acceptors (Lipinski definition) is 4. The Morgan fingerprint density at radius 1 is 1.48 bits per heavy atom. The number of aromatic nitrogens is 1. The third kappa shape index (κ3) is 3.92. The van der Waals surface area contributed by atoms with Gasteiger partial charge in [-0.15, -0.1) is 0 Å². The average molecular weight is 316 g/mol. The van der Waals surface area contributed by atoms with Crippen LogP contribution in [0.5, 0.6) is 0 Å². The molecule has 1 saturated carbocycles. The fraction of sp³-hybridized carbons (Fsp3) is 0.647. The van der Waals surface area contributed by atoms with Crippen LogP contribution < -0.4 is 0 Å². The standard InChI is InChI=1S/C17H24N4O2/c1-19(9-13-3-4-13)11-15-12-21(5-6-23-15)17(22)16-7-14(8-18)10-20(16)2/h7,10,13,15H,3-6,9,11-12H2,1-2H3/t15-/m0/s1. The van der Waals surface area contributed by atoms with E-state index in [0.717, 1.165) is 19.0 Å². The zero-order chi connectivity index (χ0) is 16.4. The maximum absolute atomic E-state index is 12.7. The molecule has 2 aliphatic rings. The molecule has 1 aliphatic carbocycles. The van der Waals surface area contributed by atoms with E-state index >= 15 is 0 Å². The van der Waals surface area contributed by atoms with Crippen molar-refractivity contribution in [1.29, 1.82) is 5.26 Å². The van der Waals surface area contributed by atoms with Crippen LogP contribution in [0.2, 0.25) is 0 Å². The second-order valence-corrected chi connectivity index (χ2v) is 6.75. The first kappa shape index (κ1) is 16.0. The van der Waals surface area contributed by atoms with Crippen LogP contribution in [0.3, 0.4) is 0 Å². The van der Waals surface area contributed by atoms with E-state index in [9.17, 15) is 4.79 Å². The van der Waals surface area contributed by atoms with E-state index in [0.29, 0.717) is 31.0 Å². The number of aryl methyl sites for hydroxylation is 1. The lowest BCUT2D eigenvalue weighted by molar-refractivity contribution is -0.0336. The second-order valence-electron chi connectivity index (χ2n) is 6.75. The lowest BCUT2D eigenvalue weighted by Crippen LogP contribution is -2.49. The van der Waals surface area contributed by atoms with Gasteiger partial charge in [0.05, 0.1) is 18.3 Å². The van der Waals surface area contributed by atoms with Crippen LogP contribution in [0.1, 0.15) is 28.9 Å². The smallest absolute Gasteiger partial charge is 0.270 e. The van der Waals surface area contributed by atoms with E-state index in [4.69, 9.17) is 10.00 Å². The van der Waals surface area contributed by atoms with Crippen LogP contribution in [-0.4, -0.2) is 66.2 Å².